The lowest BCUT2D eigenvalue weighted by Crippen LogP contribution is -2.30. The van der Waals surface area contributed by atoms with Gasteiger partial charge in [-0.25, -0.2) is 0 Å². The van der Waals surface area contributed by atoms with E-state index in [0.29, 0.717) is 23.2 Å². The highest BCUT2D eigenvalue weighted by atomic mass is 16.2. The van der Waals surface area contributed by atoms with Gasteiger partial charge in [-0.2, -0.15) is 0 Å². The van der Waals surface area contributed by atoms with Crippen LogP contribution in [0.5, 0.6) is 0 Å². The molecule has 1 aliphatic rings. The average Bonchev–Trinajstić information content (AvgIpc) is 2.77. The van der Waals surface area contributed by atoms with Crippen molar-refractivity contribution in [1.29, 1.82) is 0 Å². The fourth-order valence-electron chi connectivity index (χ4n) is 2.24. The lowest BCUT2D eigenvalue weighted by Gasteiger charge is -2.17. The van der Waals surface area contributed by atoms with E-state index in [1.165, 1.54) is 0 Å². The fraction of sp³-hybridized carbons (Fsp3) is 0.538. The van der Waals surface area contributed by atoms with Crippen molar-refractivity contribution in [2.24, 2.45) is 11.8 Å². The minimum atomic E-state index is 0.000417. The number of pyridine rings is 1. The number of amides is 1. The van der Waals surface area contributed by atoms with E-state index in [4.69, 9.17) is 5.73 Å². The predicted molar refractivity (Wildman–Crippen MR) is 67.5 cm³/mol. The molecule has 0 aromatic carbocycles. The Balaban J connectivity index is 2.07. The second-order valence-corrected chi connectivity index (χ2v) is 5.02. The van der Waals surface area contributed by atoms with Gasteiger partial charge in [-0.15, -0.1) is 0 Å². The Labute approximate surface area is 102 Å². The first kappa shape index (κ1) is 11.9. The third-order valence-electron chi connectivity index (χ3n) is 3.46. The number of carbonyl (C=O) groups is 1. The summed E-state index contributed by atoms with van der Waals surface area (Å²) in [6.07, 6.45) is 2.67. The number of hydrogen-bond donors (Lipinski definition) is 1. The monoisotopic (exact) mass is 233 g/mol. The maximum Gasteiger partial charge on any atom is 0.272 e. The van der Waals surface area contributed by atoms with Crippen LogP contribution in [0, 0.1) is 11.8 Å². The van der Waals surface area contributed by atoms with Gasteiger partial charge in [0.05, 0.1) is 0 Å². The molecule has 0 radical (unpaired) electrons. The van der Waals surface area contributed by atoms with E-state index in [2.05, 4.69) is 18.8 Å². The number of nitrogen functional groups attached to an aromatic ring is 1. The number of aromatic nitrogens is 1. The van der Waals surface area contributed by atoms with E-state index < -0.39 is 0 Å². The van der Waals surface area contributed by atoms with E-state index in [1.54, 1.807) is 18.3 Å². The van der Waals surface area contributed by atoms with Crippen molar-refractivity contribution in [2.45, 2.75) is 20.3 Å². The molecule has 1 amide bonds. The minimum Gasteiger partial charge on any atom is -0.399 e. The van der Waals surface area contributed by atoms with Crippen molar-refractivity contribution in [3.8, 4) is 0 Å². The normalized spacial score (nSPS) is 19.9. The van der Waals surface area contributed by atoms with E-state index in [9.17, 15) is 4.79 Å². The number of rotatable bonds is 2. The molecule has 4 heteroatoms. The van der Waals surface area contributed by atoms with Gasteiger partial charge >= 0.3 is 0 Å². The van der Waals surface area contributed by atoms with Crippen LogP contribution in [0.4, 0.5) is 5.69 Å². The Bertz CT molecular complexity index is 417. The van der Waals surface area contributed by atoms with Crippen molar-refractivity contribution >= 4 is 11.6 Å². The summed E-state index contributed by atoms with van der Waals surface area (Å²) in [6.45, 7) is 6.08. The Morgan fingerprint density at radius 1 is 1.59 bits per heavy atom. The van der Waals surface area contributed by atoms with E-state index >= 15 is 0 Å². The Hall–Kier alpha value is -1.58. The summed E-state index contributed by atoms with van der Waals surface area (Å²) in [6, 6.07) is 3.34. The minimum absolute atomic E-state index is 0.000417. The largest absolute Gasteiger partial charge is 0.399 e. The molecule has 0 spiro atoms. The molecule has 0 aliphatic carbocycles. The van der Waals surface area contributed by atoms with Crippen LogP contribution in [-0.4, -0.2) is 28.9 Å². The fourth-order valence-corrected chi connectivity index (χ4v) is 2.24. The van der Waals surface area contributed by atoms with E-state index in [0.717, 1.165) is 19.5 Å². The summed E-state index contributed by atoms with van der Waals surface area (Å²) in [4.78, 5) is 18.1. The zero-order valence-electron chi connectivity index (χ0n) is 10.4. The maximum atomic E-state index is 12.2. The highest BCUT2D eigenvalue weighted by molar-refractivity contribution is 5.93. The van der Waals surface area contributed by atoms with Gasteiger partial charge in [-0.05, 0) is 30.4 Å². The van der Waals surface area contributed by atoms with Crippen LogP contribution in [-0.2, 0) is 0 Å². The van der Waals surface area contributed by atoms with E-state index in [1.807, 2.05) is 4.90 Å². The molecule has 4 nitrogen and oxygen atoms in total. The Morgan fingerprint density at radius 3 is 2.94 bits per heavy atom. The highest BCUT2D eigenvalue weighted by Crippen LogP contribution is 2.24. The summed E-state index contributed by atoms with van der Waals surface area (Å²) in [5, 5.41) is 0. The van der Waals surface area contributed by atoms with Gasteiger partial charge < -0.3 is 10.6 Å². The molecule has 2 rings (SSSR count). The highest BCUT2D eigenvalue weighted by Gasteiger charge is 2.29. The molecular weight excluding hydrogens is 214 g/mol. The van der Waals surface area contributed by atoms with Crippen LogP contribution in [0.2, 0.25) is 0 Å². The molecule has 0 bridgehead atoms. The number of likely N-dealkylation sites (tertiary alicyclic amines) is 1. The standard InChI is InChI=1S/C13H19N3O/c1-9(2)10-4-6-16(8-10)13(17)12-7-11(14)3-5-15-12/h3,5,7,9-10H,4,6,8H2,1-2H3,(H2,14,15). The summed E-state index contributed by atoms with van der Waals surface area (Å²) in [7, 11) is 0. The van der Waals surface area contributed by atoms with Crippen LogP contribution >= 0.6 is 0 Å². The first-order chi connectivity index (χ1) is 8.08. The predicted octanol–water partition coefficient (Wildman–Crippen LogP) is 1.78. The first-order valence-electron chi connectivity index (χ1n) is 6.08. The molecule has 1 aromatic rings. The third-order valence-corrected chi connectivity index (χ3v) is 3.46. The van der Waals surface area contributed by atoms with Crippen LogP contribution in [0.1, 0.15) is 30.8 Å². The molecule has 1 fully saturated rings. The topological polar surface area (TPSA) is 59.2 Å². The average molecular weight is 233 g/mol. The van der Waals surface area contributed by atoms with Crippen molar-refractivity contribution < 1.29 is 4.79 Å². The molecule has 17 heavy (non-hydrogen) atoms. The van der Waals surface area contributed by atoms with Gasteiger partial charge in [0.15, 0.2) is 0 Å². The van der Waals surface area contributed by atoms with E-state index in [-0.39, 0.29) is 5.91 Å². The zero-order chi connectivity index (χ0) is 12.4. The van der Waals surface area contributed by atoms with Gasteiger partial charge in [0.2, 0.25) is 0 Å². The van der Waals surface area contributed by atoms with Gasteiger partial charge in [-0.1, -0.05) is 13.8 Å². The SMILES string of the molecule is CC(C)C1CCN(C(=O)c2cc(N)ccn2)C1. The van der Waals surface area contributed by atoms with Crippen molar-refractivity contribution in [3.63, 3.8) is 0 Å². The van der Waals surface area contributed by atoms with Gasteiger partial charge in [0.1, 0.15) is 5.69 Å². The lowest BCUT2D eigenvalue weighted by molar-refractivity contribution is 0.0778. The number of nitrogens with zero attached hydrogens (tertiary/aromatic N) is 2. The second kappa shape index (κ2) is 4.73. The Kier molecular flexibility index (Phi) is 3.31. The van der Waals surface area contributed by atoms with Crippen LogP contribution in [0.3, 0.4) is 0 Å². The zero-order valence-corrected chi connectivity index (χ0v) is 10.4. The molecule has 2 N–H and O–H groups in total. The lowest BCUT2D eigenvalue weighted by atomic mass is 9.95. The van der Waals surface area contributed by atoms with Gasteiger partial charge in [0, 0.05) is 25.0 Å². The molecule has 92 valence electrons. The molecule has 1 aromatic heterocycles. The quantitative estimate of drug-likeness (QED) is 0.847. The molecule has 1 atom stereocenters. The molecule has 1 unspecified atom stereocenters. The van der Waals surface area contributed by atoms with Gasteiger partial charge in [0.25, 0.3) is 5.91 Å². The van der Waals surface area contributed by atoms with Gasteiger partial charge in [-0.3, -0.25) is 9.78 Å². The van der Waals surface area contributed by atoms with Crippen LogP contribution < -0.4 is 5.73 Å². The molecule has 1 saturated heterocycles. The Morgan fingerprint density at radius 2 is 2.35 bits per heavy atom. The number of anilines is 1. The smallest absolute Gasteiger partial charge is 0.272 e. The molecular formula is C13H19N3O. The van der Waals surface area contributed by atoms with Crippen molar-refractivity contribution in [2.75, 3.05) is 18.8 Å². The molecule has 2 heterocycles. The summed E-state index contributed by atoms with van der Waals surface area (Å²) < 4.78 is 0. The number of nitrogens with two attached hydrogens (primary N) is 1. The third kappa shape index (κ3) is 2.57. The van der Waals surface area contributed by atoms with Crippen molar-refractivity contribution in [3.05, 3.63) is 24.0 Å². The molecule has 0 saturated carbocycles. The second-order valence-electron chi connectivity index (χ2n) is 5.02. The van der Waals surface area contributed by atoms with Crippen LogP contribution in [0.25, 0.3) is 0 Å². The number of hydrogen-bond acceptors (Lipinski definition) is 3. The summed E-state index contributed by atoms with van der Waals surface area (Å²) in [5.74, 6) is 1.24. The number of carbonyl (C=O) groups excluding carboxylic acids is 1. The van der Waals surface area contributed by atoms with Crippen molar-refractivity contribution in [1.82, 2.24) is 9.88 Å². The summed E-state index contributed by atoms with van der Waals surface area (Å²) in [5.41, 5.74) is 6.70. The first-order valence-corrected chi connectivity index (χ1v) is 6.08. The maximum absolute atomic E-state index is 12.2. The van der Waals surface area contributed by atoms with Crippen LogP contribution in [0.15, 0.2) is 18.3 Å². The molecule has 1 aliphatic heterocycles. The summed E-state index contributed by atoms with van der Waals surface area (Å²) >= 11 is 0.